The minimum atomic E-state index is -3.68. The SMILES string of the molecule is COCCN(C1CC1)S(=O)(=O)c1c(N)cccc1Cl. The normalized spacial score (nSPS) is 15.9. The van der Waals surface area contributed by atoms with Gasteiger partial charge in [0.1, 0.15) is 4.90 Å². The second-order valence-corrected chi connectivity index (χ2v) is 6.73. The van der Waals surface area contributed by atoms with Crippen LogP contribution in [0.2, 0.25) is 5.02 Å². The zero-order chi connectivity index (χ0) is 14.0. The van der Waals surface area contributed by atoms with Crippen molar-refractivity contribution in [2.24, 2.45) is 0 Å². The van der Waals surface area contributed by atoms with E-state index >= 15 is 0 Å². The number of benzene rings is 1. The fourth-order valence-corrected chi connectivity index (χ4v) is 4.27. The van der Waals surface area contributed by atoms with Gasteiger partial charge in [0.2, 0.25) is 10.0 Å². The van der Waals surface area contributed by atoms with E-state index in [1.54, 1.807) is 19.2 Å². The van der Waals surface area contributed by atoms with Gasteiger partial charge in [-0.25, -0.2) is 8.42 Å². The fourth-order valence-electron chi connectivity index (χ4n) is 1.96. The number of nitrogens with two attached hydrogens (primary N) is 1. The summed E-state index contributed by atoms with van der Waals surface area (Å²) in [5.41, 5.74) is 5.95. The summed E-state index contributed by atoms with van der Waals surface area (Å²) >= 11 is 6.00. The fraction of sp³-hybridized carbons (Fsp3) is 0.500. The number of nitrogens with zero attached hydrogens (tertiary/aromatic N) is 1. The Morgan fingerprint density at radius 1 is 1.47 bits per heavy atom. The molecule has 106 valence electrons. The number of nitrogen functional groups attached to an aromatic ring is 1. The Kier molecular flexibility index (Phi) is 4.35. The second kappa shape index (κ2) is 5.66. The van der Waals surface area contributed by atoms with E-state index in [4.69, 9.17) is 22.1 Å². The van der Waals surface area contributed by atoms with Crippen molar-refractivity contribution in [2.75, 3.05) is 26.0 Å². The summed E-state index contributed by atoms with van der Waals surface area (Å²) in [5, 5.41) is 0.156. The van der Waals surface area contributed by atoms with Gasteiger partial charge in [0.15, 0.2) is 0 Å². The number of hydrogen-bond acceptors (Lipinski definition) is 4. The second-order valence-electron chi connectivity index (χ2n) is 4.50. The Hall–Kier alpha value is -0.820. The van der Waals surface area contributed by atoms with Crippen molar-refractivity contribution in [1.82, 2.24) is 4.31 Å². The lowest BCUT2D eigenvalue weighted by atomic mass is 10.3. The first-order valence-electron chi connectivity index (χ1n) is 6.03. The molecule has 1 fully saturated rings. The average molecular weight is 305 g/mol. The van der Waals surface area contributed by atoms with Crippen LogP contribution in [0.1, 0.15) is 12.8 Å². The Morgan fingerprint density at radius 3 is 2.68 bits per heavy atom. The summed E-state index contributed by atoms with van der Waals surface area (Å²) in [6, 6.07) is 4.75. The van der Waals surface area contributed by atoms with Gasteiger partial charge in [-0.3, -0.25) is 0 Å². The molecule has 0 radical (unpaired) electrons. The van der Waals surface area contributed by atoms with Crippen molar-refractivity contribution in [3.63, 3.8) is 0 Å². The molecule has 1 aromatic rings. The molecule has 19 heavy (non-hydrogen) atoms. The molecule has 0 heterocycles. The average Bonchev–Trinajstić information content (AvgIpc) is 3.13. The van der Waals surface area contributed by atoms with Gasteiger partial charge in [-0.15, -0.1) is 0 Å². The Morgan fingerprint density at radius 2 is 2.16 bits per heavy atom. The number of ether oxygens (including phenoxy) is 1. The quantitative estimate of drug-likeness (QED) is 0.812. The van der Waals surface area contributed by atoms with Gasteiger partial charge in [0, 0.05) is 19.7 Å². The van der Waals surface area contributed by atoms with Gasteiger partial charge in [-0.2, -0.15) is 4.31 Å². The van der Waals surface area contributed by atoms with E-state index in [-0.39, 0.29) is 21.6 Å². The maximum absolute atomic E-state index is 12.7. The molecule has 1 aliphatic rings. The molecule has 0 bridgehead atoms. The highest BCUT2D eigenvalue weighted by molar-refractivity contribution is 7.89. The van der Waals surface area contributed by atoms with Gasteiger partial charge in [0.25, 0.3) is 0 Å². The third-order valence-electron chi connectivity index (χ3n) is 3.03. The maximum atomic E-state index is 12.7. The third kappa shape index (κ3) is 3.02. The maximum Gasteiger partial charge on any atom is 0.246 e. The lowest BCUT2D eigenvalue weighted by Crippen LogP contribution is -2.36. The summed E-state index contributed by atoms with van der Waals surface area (Å²) in [6.45, 7) is 0.661. The van der Waals surface area contributed by atoms with Gasteiger partial charge >= 0.3 is 0 Å². The van der Waals surface area contributed by atoms with Crippen LogP contribution in [0.15, 0.2) is 23.1 Å². The number of methoxy groups -OCH3 is 1. The van der Waals surface area contributed by atoms with Crippen molar-refractivity contribution < 1.29 is 13.2 Å². The summed E-state index contributed by atoms with van der Waals surface area (Å²) in [5.74, 6) is 0. The molecule has 0 aliphatic heterocycles. The molecule has 0 spiro atoms. The van der Waals surface area contributed by atoms with Crippen molar-refractivity contribution in [2.45, 2.75) is 23.8 Å². The predicted octanol–water partition coefficient (Wildman–Crippen LogP) is 1.72. The molecular weight excluding hydrogens is 288 g/mol. The topological polar surface area (TPSA) is 72.6 Å². The highest BCUT2D eigenvalue weighted by Gasteiger charge is 2.39. The van der Waals surface area contributed by atoms with Crippen LogP contribution in [-0.2, 0) is 14.8 Å². The Labute approximate surface area is 118 Å². The zero-order valence-corrected chi connectivity index (χ0v) is 12.2. The molecular formula is C12H17ClN2O3S. The van der Waals surface area contributed by atoms with E-state index < -0.39 is 10.0 Å². The molecule has 0 atom stereocenters. The van der Waals surface area contributed by atoms with Crippen LogP contribution in [0.25, 0.3) is 0 Å². The summed E-state index contributed by atoms with van der Waals surface area (Å²) in [4.78, 5) is -0.000306. The lowest BCUT2D eigenvalue weighted by molar-refractivity contribution is 0.177. The standard InChI is InChI=1S/C12H17ClN2O3S/c1-18-8-7-15(9-5-6-9)19(16,17)12-10(13)3-2-4-11(12)14/h2-4,9H,5-8,14H2,1H3. The lowest BCUT2D eigenvalue weighted by Gasteiger charge is -2.22. The summed E-state index contributed by atoms with van der Waals surface area (Å²) < 4.78 is 31.7. The number of hydrogen-bond donors (Lipinski definition) is 1. The third-order valence-corrected chi connectivity index (χ3v) is 5.53. The molecule has 1 aromatic carbocycles. The van der Waals surface area contributed by atoms with Gasteiger partial charge < -0.3 is 10.5 Å². The highest BCUT2D eigenvalue weighted by Crippen LogP contribution is 2.36. The summed E-state index contributed by atoms with van der Waals surface area (Å²) in [7, 11) is -2.13. The molecule has 1 aliphatic carbocycles. The van der Waals surface area contributed by atoms with Gasteiger partial charge in [-0.05, 0) is 25.0 Å². The number of sulfonamides is 1. The van der Waals surface area contributed by atoms with Crippen molar-refractivity contribution >= 4 is 27.3 Å². The van der Waals surface area contributed by atoms with Crippen LogP contribution in [-0.4, -0.2) is 39.0 Å². The molecule has 2 N–H and O–H groups in total. The minimum Gasteiger partial charge on any atom is -0.398 e. The minimum absolute atomic E-state index is 0.000306. The van der Waals surface area contributed by atoms with E-state index in [1.807, 2.05) is 0 Å². The van der Waals surface area contributed by atoms with Crippen LogP contribution in [0, 0.1) is 0 Å². The van der Waals surface area contributed by atoms with E-state index in [0.29, 0.717) is 13.2 Å². The Balaban J connectivity index is 2.39. The van der Waals surface area contributed by atoms with Crippen LogP contribution in [0.5, 0.6) is 0 Å². The van der Waals surface area contributed by atoms with Crippen LogP contribution in [0.3, 0.4) is 0 Å². The summed E-state index contributed by atoms with van der Waals surface area (Å²) in [6.07, 6.45) is 1.74. The van der Waals surface area contributed by atoms with Gasteiger partial charge in [0.05, 0.1) is 17.3 Å². The molecule has 0 saturated heterocycles. The molecule has 0 aromatic heterocycles. The molecule has 2 rings (SSSR count). The smallest absolute Gasteiger partial charge is 0.246 e. The number of rotatable bonds is 6. The first kappa shape index (κ1) is 14.6. The molecule has 0 amide bonds. The molecule has 0 unspecified atom stereocenters. The van der Waals surface area contributed by atoms with E-state index in [0.717, 1.165) is 12.8 Å². The van der Waals surface area contributed by atoms with E-state index in [9.17, 15) is 8.42 Å². The van der Waals surface area contributed by atoms with Crippen molar-refractivity contribution in [3.8, 4) is 0 Å². The predicted molar refractivity (Wildman–Crippen MR) is 74.7 cm³/mol. The van der Waals surface area contributed by atoms with Crippen molar-refractivity contribution in [1.29, 1.82) is 0 Å². The first-order valence-corrected chi connectivity index (χ1v) is 7.85. The van der Waals surface area contributed by atoms with Crippen molar-refractivity contribution in [3.05, 3.63) is 23.2 Å². The Bertz CT molecular complexity index is 538. The number of halogens is 1. The first-order chi connectivity index (χ1) is 8.98. The van der Waals surface area contributed by atoms with E-state index in [1.165, 1.54) is 10.4 Å². The molecule has 5 nitrogen and oxygen atoms in total. The van der Waals surface area contributed by atoms with Gasteiger partial charge in [-0.1, -0.05) is 17.7 Å². The monoisotopic (exact) mass is 304 g/mol. The molecule has 1 saturated carbocycles. The number of anilines is 1. The zero-order valence-electron chi connectivity index (χ0n) is 10.7. The van der Waals surface area contributed by atoms with Crippen LogP contribution in [0.4, 0.5) is 5.69 Å². The highest BCUT2D eigenvalue weighted by atomic mass is 35.5. The van der Waals surface area contributed by atoms with Crippen LogP contribution < -0.4 is 5.73 Å². The van der Waals surface area contributed by atoms with Crippen LogP contribution >= 0.6 is 11.6 Å². The van der Waals surface area contributed by atoms with E-state index in [2.05, 4.69) is 0 Å². The largest absolute Gasteiger partial charge is 0.398 e. The molecule has 7 heteroatoms.